The molecule has 4 aromatic rings. The van der Waals surface area contributed by atoms with Gasteiger partial charge in [-0.1, -0.05) is 85.6 Å². The molecule has 0 heterocycles. The first kappa shape index (κ1) is 33.7. The summed E-state index contributed by atoms with van der Waals surface area (Å²) in [5, 5.41) is 3.47. The first-order valence-electron chi connectivity index (χ1n) is 14.6. The van der Waals surface area contributed by atoms with Crippen molar-refractivity contribution < 1.29 is 22.4 Å². The molecule has 4 rings (SSSR count). The van der Waals surface area contributed by atoms with Crippen molar-refractivity contribution in [1.82, 2.24) is 10.2 Å². The van der Waals surface area contributed by atoms with Crippen LogP contribution in [0, 0.1) is 18.7 Å². The van der Waals surface area contributed by atoms with Gasteiger partial charge >= 0.3 is 0 Å². The molecule has 0 bridgehead atoms. The molecule has 0 aliphatic heterocycles. The topological polar surface area (TPSA) is 86.8 Å². The van der Waals surface area contributed by atoms with Gasteiger partial charge in [0.25, 0.3) is 10.0 Å². The Morgan fingerprint density at radius 1 is 0.844 bits per heavy atom. The molecule has 0 aliphatic carbocycles. The lowest BCUT2D eigenvalue weighted by Gasteiger charge is -2.34. The number of hydrogen-bond donors (Lipinski definition) is 1. The van der Waals surface area contributed by atoms with E-state index in [4.69, 9.17) is 11.6 Å². The monoisotopic (exact) mass is 649 g/mol. The Morgan fingerprint density at radius 2 is 1.47 bits per heavy atom. The second kappa shape index (κ2) is 15.2. The highest BCUT2D eigenvalue weighted by atomic mass is 35.5. The van der Waals surface area contributed by atoms with Gasteiger partial charge in [0.15, 0.2) is 0 Å². The fourth-order valence-electron chi connectivity index (χ4n) is 4.74. The maximum atomic E-state index is 14.4. The largest absolute Gasteiger partial charge is 0.354 e. The summed E-state index contributed by atoms with van der Waals surface area (Å²) >= 11 is 6.12. The van der Waals surface area contributed by atoms with Crippen LogP contribution in [-0.2, 0) is 32.6 Å². The molecule has 2 amide bonds. The molecule has 7 nitrogen and oxygen atoms in total. The van der Waals surface area contributed by atoms with E-state index in [0.717, 1.165) is 27.6 Å². The van der Waals surface area contributed by atoms with E-state index in [1.165, 1.54) is 29.2 Å². The van der Waals surface area contributed by atoms with Crippen LogP contribution in [0.4, 0.5) is 10.1 Å². The third kappa shape index (κ3) is 9.15. The van der Waals surface area contributed by atoms with E-state index in [0.29, 0.717) is 17.1 Å². The zero-order valence-corrected chi connectivity index (χ0v) is 27.1. The van der Waals surface area contributed by atoms with Crippen LogP contribution < -0.4 is 9.62 Å². The van der Waals surface area contributed by atoms with Crippen LogP contribution in [0.25, 0.3) is 0 Å². The standard InChI is InChI=1S/C35H37ClFN3O4S/c1-25(2)22-38-35(42)33(21-27-7-5-4-6-8-27)39(23-28-11-13-29(36)14-12-28)34(41)24-40(31-17-15-30(37)16-18-31)45(43,44)32-19-9-26(3)10-20-32/h4-20,25,33H,21-24H2,1-3H3,(H,38,42)/t33-/m1/s1. The van der Waals surface area contributed by atoms with Crippen molar-refractivity contribution >= 4 is 39.1 Å². The Kier molecular flexibility index (Phi) is 11.4. The van der Waals surface area contributed by atoms with Gasteiger partial charge < -0.3 is 10.2 Å². The minimum atomic E-state index is -4.27. The number of hydrogen-bond acceptors (Lipinski definition) is 4. The molecule has 0 aromatic heterocycles. The van der Waals surface area contributed by atoms with E-state index in [9.17, 15) is 22.4 Å². The predicted octanol–water partition coefficient (Wildman–Crippen LogP) is 6.40. The second-order valence-electron chi connectivity index (χ2n) is 11.3. The van der Waals surface area contributed by atoms with E-state index in [1.54, 1.807) is 36.4 Å². The van der Waals surface area contributed by atoms with Gasteiger partial charge in [-0.15, -0.1) is 0 Å². The number of rotatable bonds is 13. The molecule has 0 unspecified atom stereocenters. The Hall–Kier alpha value is -4.21. The minimum Gasteiger partial charge on any atom is -0.354 e. The van der Waals surface area contributed by atoms with Crippen molar-refractivity contribution in [3.63, 3.8) is 0 Å². The highest BCUT2D eigenvalue weighted by Gasteiger charge is 2.34. The Labute approximate surface area is 269 Å². The molecule has 1 atom stereocenters. The number of amides is 2. The number of benzene rings is 4. The fourth-order valence-corrected chi connectivity index (χ4v) is 6.28. The number of nitrogens with zero attached hydrogens (tertiary/aromatic N) is 2. The van der Waals surface area contributed by atoms with Crippen LogP contribution in [0.3, 0.4) is 0 Å². The molecular formula is C35H37ClFN3O4S. The quantitative estimate of drug-likeness (QED) is 0.182. The van der Waals surface area contributed by atoms with Crippen molar-refractivity contribution in [2.45, 2.75) is 44.7 Å². The van der Waals surface area contributed by atoms with E-state index >= 15 is 0 Å². The molecular weight excluding hydrogens is 613 g/mol. The summed E-state index contributed by atoms with van der Waals surface area (Å²) in [4.78, 5) is 29.6. The third-order valence-electron chi connectivity index (χ3n) is 7.22. The number of anilines is 1. The molecule has 0 spiro atoms. The van der Waals surface area contributed by atoms with Crippen LogP contribution in [0.1, 0.15) is 30.5 Å². The van der Waals surface area contributed by atoms with Crippen LogP contribution in [0.2, 0.25) is 5.02 Å². The van der Waals surface area contributed by atoms with E-state index < -0.39 is 34.3 Å². The Morgan fingerprint density at radius 3 is 2.07 bits per heavy atom. The first-order chi connectivity index (χ1) is 21.4. The Bertz CT molecular complexity index is 1680. The average molecular weight is 650 g/mol. The molecule has 4 aromatic carbocycles. The number of aryl methyl sites for hydroxylation is 1. The molecule has 236 valence electrons. The summed E-state index contributed by atoms with van der Waals surface area (Å²) in [5.74, 6) is -1.34. The van der Waals surface area contributed by atoms with Gasteiger partial charge in [-0.2, -0.15) is 0 Å². The average Bonchev–Trinajstić information content (AvgIpc) is 3.02. The van der Waals surface area contributed by atoms with Crippen LogP contribution in [-0.4, -0.2) is 44.3 Å². The van der Waals surface area contributed by atoms with Crippen LogP contribution >= 0.6 is 11.6 Å². The molecule has 0 fully saturated rings. The Balaban J connectivity index is 1.79. The first-order valence-corrected chi connectivity index (χ1v) is 16.5. The molecule has 10 heteroatoms. The summed E-state index contributed by atoms with van der Waals surface area (Å²) in [7, 11) is -4.27. The molecule has 0 saturated heterocycles. The fraction of sp³-hybridized carbons (Fsp3) is 0.257. The van der Waals surface area contributed by atoms with Crippen molar-refractivity contribution in [1.29, 1.82) is 0 Å². The molecule has 0 saturated carbocycles. The maximum absolute atomic E-state index is 14.4. The second-order valence-corrected chi connectivity index (χ2v) is 13.6. The SMILES string of the molecule is Cc1ccc(S(=O)(=O)N(CC(=O)N(Cc2ccc(Cl)cc2)[C@H](Cc2ccccc2)C(=O)NCC(C)C)c2ccc(F)cc2)cc1. The zero-order valence-electron chi connectivity index (χ0n) is 25.5. The maximum Gasteiger partial charge on any atom is 0.264 e. The smallest absolute Gasteiger partial charge is 0.264 e. The number of carbonyl (C=O) groups excluding carboxylic acids is 2. The highest BCUT2D eigenvalue weighted by molar-refractivity contribution is 7.92. The third-order valence-corrected chi connectivity index (χ3v) is 9.26. The zero-order chi connectivity index (χ0) is 32.6. The van der Waals surface area contributed by atoms with E-state index in [1.807, 2.05) is 51.1 Å². The number of nitrogens with one attached hydrogen (secondary N) is 1. The van der Waals surface area contributed by atoms with Gasteiger partial charge in [0.2, 0.25) is 11.8 Å². The summed E-state index contributed by atoms with van der Waals surface area (Å²) in [6, 6.07) is 26.4. The summed E-state index contributed by atoms with van der Waals surface area (Å²) < 4.78 is 42.9. The predicted molar refractivity (Wildman–Crippen MR) is 176 cm³/mol. The highest BCUT2D eigenvalue weighted by Crippen LogP contribution is 2.26. The lowest BCUT2D eigenvalue weighted by Crippen LogP contribution is -2.53. The molecule has 1 N–H and O–H groups in total. The normalized spacial score (nSPS) is 12.0. The number of carbonyl (C=O) groups is 2. The molecule has 0 aliphatic rings. The number of sulfonamides is 1. The van der Waals surface area contributed by atoms with Crippen LogP contribution in [0.15, 0.2) is 108 Å². The van der Waals surface area contributed by atoms with Gasteiger partial charge in [-0.25, -0.2) is 12.8 Å². The molecule has 45 heavy (non-hydrogen) atoms. The van der Waals surface area contributed by atoms with Gasteiger partial charge in [0.1, 0.15) is 18.4 Å². The van der Waals surface area contributed by atoms with Crippen molar-refractivity contribution in [3.05, 3.63) is 131 Å². The van der Waals surface area contributed by atoms with Crippen LogP contribution in [0.5, 0.6) is 0 Å². The lowest BCUT2D eigenvalue weighted by molar-refractivity contribution is -0.140. The van der Waals surface area contributed by atoms with Crippen molar-refractivity contribution in [2.75, 3.05) is 17.4 Å². The summed E-state index contributed by atoms with van der Waals surface area (Å²) in [6.07, 6.45) is 0.200. The van der Waals surface area contributed by atoms with E-state index in [-0.39, 0.29) is 35.4 Å². The van der Waals surface area contributed by atoms with Gasteiger partial charge in [0.05, 0.1) is 10.6 Å². The summed E-state index contributed by atoms with van der Waals surface area (Å²) in [6.45, 7) is 5.57. The van der Waals surface area contributed by atoms with Crippen molar-refractivity contribution in [2.24, 2.45) is 5.92 Å². The van der Waals surface area contributed by atoms with Gasteiger partial charge in [-0.05, 0) is 72.5 Å². The molecule has 0 radical (unpaired) electrons. The van der Waals surface area contributed by atoms with E-state index in [2.05, 4.69) is 5.32 Å². The van der Waals surface area contributed by atoms with Gasteiger partial charge in [-0.3, -0.25) is 13.9 Å². The summed E-state index contributed by atoms with van der Waals surface area (Å²) in [5.41, 5.74) is 2.51. The number of halogens is 2. The van der Waals surface area contributed by atoms with Crippen molar-refractivity contribution in [3.8, 4) is 0 Å². The lowest BCUT2D eigenvalue weighted by atomic mass is 10.0. The van der Waals surface area contributed by atoms with Gasteiger partial charge in [0, 0.05) is 24.5 Å². The minimum absolute atomic E-state index is 0.0183.